The summed E-state index contributed by atoms with van der Waals surface area (Å²) >= 11 is 0. The molecule has 202 valence electrons. The Kier molecular flexibility index (Phi) is 10.4. The van der Waals surface area contributed by atoms with E-state index in [4.69, 9.17) is 14.2 Å². The zero-order valence-corrected chi connectivity index (χ0v) is 19.7. The van der Waals surface area contributed by atoms with Crippen LogP contribution in [0, 0.1) is 0 Å². The zero-order valence-electron chi connectivity index (χ0n) is 19.7. The molecule has 0 aliphatic carbocycles. The first-order chi connectivity index (χ1) is 16.4. The van der Waals surface area contributed by atoms with Gasteiger partial charge in [-0.05, 0) is 61.9 Å². The lowest BCUT2D eigenvalue weighted by Gasteiger charge is -2.33. The van der Waals surface area contributed by atoms with Gasteiger partial charge in [-0.1, -0.05) is 44.7 Å². The number of benzene rings is 2. The van der Waals surface area contributed by atoms with Crippen LogP contribution in [-0.4, -0.2) is 26.1 Å². The third-order valence-electron chi connectivity index (χ3n) is 6.27. The fourth-order valence-electron chi connectivity index (χ4n) is 4.12. The van der Waals surface area contributed by atoms with Crippen molar-refractivity contribution in [1.29, 1.82) is 0 Å². The molecule has 1 fully saturated rings. The third kappa shape index (κ3) is 8.21. The van der Waals surface area contributed by atoms with Crippen molar-refractivity contribution >= 4 is 0 Å². The smallest absolute Gasteiger partial charge is 0.373 e. The molecular formula is C27H34F6O3. The Labute approximate surface area is 208 Å². The maximum Gasteiger partial charge on any atom is 0.416 e. The molecule has 1 heterocycles. The summed E-state index contributed by atoms with van der Waals surface area (Å²) < 4.78 is 96.7. The van der Waals surface area contributed by atoms with E-state index in [1.54, 1.807) is 0 Å². The molecule has 1 aliphatic heterocycles. The highest BCUT2D eigenvalue weighted by Gasteiger charge is 2.37. The van der Waals surface area contributed by atoms with Crippen molar-refractivity contribution in [2.45, 2.75) is 77.1 Å². The highest BCUT2D eigenvalue weighted by atomic mass is 19.4. The van der Waals surface area contributed by atoms with Gasteiger partial charge in [0, 0.05) is 5.41 Å². The molecule has 1 saturated heterocycles. The van der Waals surface area contributed by atoms with Crippen LogP contribution in [0.5, 0.6) is 0 Å². The molecule has 3 nitrogen and oxygen atoms in total. The van der Waals surface area contributed by atoms with Crippen molar-refractivity contribution in [3.05, 3.63) is 70.8 Å². The van der Waals surface area contributed by atoms with Gasteiger partial charge in [-0.15, -0.1) is 0 Å². The fourth-order valence-corrected chi connectivity index (χ4v) is 4.12. The minimum Gasteiger partial charge on any atom is -0.373 e. The lowest BCUT2D eigenvalue weighted by molar-refractivity contribution is -0.182. The van der Waals surface area contributed by atoms with Crippen LogP contribution < -0.4 is 0 Å². The summed E-state index contributed by atoms with van der Waals surface area (Å²) in [5, 5.41) is 0. The number of halogens is 6. The molecule has 0 spiro atoms. The number of alkyl halides is 6. The maximum absolute atomic E-state index is 13.3. The number of ether oxygens (including phenoxy) is 3. The molecule has 0 aromatic heterocycles. The molecule has 0 bridgehead atoms. The zero-order chi connectivity index (χ0) is 25.7. The van der Waals surface area contributed by atoms with Crippen LogP contribution in [0.1, 0.15) is 75.3 Å². The average Bonchev–Trinajstić information content (AvgIpc) is 2.82. The fraction of sp³-hybridized carbons (Fsp3) is 0.556. The van der Waals surface area contributed by atoms with Gasteiger partial charge < -0.3 is 14.2 Å². The third-order valence-corrected chi connectivity index (χ3v) is 6.27. The quantitative estimate of drug-likeness (QED) is 0.311. The predicted octanol–water partition coefficient (Wildman–Crippen LogP) is 8.33. The SMILES string of the molecule is C.C[C@@H](OC[C@](C)(CCCC1OCCCO1)c1ccccc1)c1cc(C(F)(F)F)cc(C(F)(F)F)c1. The molecule has 0 saturated carbocycles. The lowest BCUT2D eigenvalue weighted by atomic mass is 9.78. The number of hydrogen-bond donors (Lipinski definition) is 0. The molecule has 2 atom stereocenters. The molecule has 9 heteroatoms. The van der Waals surface area contributed by atoms with E-state index >= 15 is 0 Å². The summed E-state index contributed by atoms with van der Waals surface area (Å²) in [5.74, 6) is 0. The highest BCUT2D eigenvalue weighted by Crippen LogP contribution is 2.39. The van der Waals surface area contributed by atoms with Gasteiger partial charge >= 0.3 is 12.4 Å². The van der Waals surface area contributed by atoms with Crippen molar-refractivity contribution in [2.24, 2.45) is 0 Å². The van der Waals surface area contributed by atoms with E-state index in [1.165, 1.54) is 6.92 Å². The van der Waals surface area contributed by atoms with E-state index in [1.807, 2.05) is 37.3 Å². The van der Waals surface area contributed by atoms with E-state index < -0.39 is 35.0 Å². The van der Waals surface area contributed by atoms with Crippen LogP contribution in [0.2, 0.25) is 0 Å². The molecule has 0 amide bonds. The summed E-state index contributed by atoms with van der Waals surface area (Å²) in [5.41, 5.74) is -2.42. The summed E-state index contributed by atoms with van der Waals surface area (Å²) in [4.78, 5) is 0. The first-order valence-corrected chi connectivity index (χ1v) is 11.6. The van der Waals surface area contributed by atoms with Crippen LogP contribution >= 0.6 is 0 Å². The standard InChI is InChI=1S/C26H30F6O3.CH4/c1-18(19-14-21(25(27,28)29)16-22(15-19)26(30,31)32)35-17-24(2,20-8-4-3-5-9-20)11-6-10-23-33-12-7-13-34-23;/h3-5,8-9,14-16,18,23H,6-7,10-13,17H2,1-2H3;1H4/t18-,24+;/m1./s1. The van der Waals surface area contributed by atoms with Crippen LogP contribution in [0.15, 0.2) is 48.5 Å². The van der Waals surface area contributed by atoms with Gasteiger partial charge in [0.25, 0.3) is 0 Å². The molecule has 36 heavy (non-hydrogen) atoms. The Hall–Kier alpha value is -2.10. The lowest BCUT2D eigenvalue weighted by Crippen LogP contribution is -2.30. The van der Waals surface area contributed by atoms with Crippen LogP contribution in [0.4, 0.5) is 26.3 Å². The van der Waals surface area contributed by atoms with Gasteiger partial charge in [-0.3, -0.25) is 0 Å². The highest BCUT2D eigenvalue weighted by molar-refractivity contribution is 5.35. The van der Waals surface area contributed by atoms with Crippen LogP contribution in [0.3, 0.4) is 0 Å². The van der Waals surface area contributed by atoms with Crippen LogP contribution in [-0.2, 0) is 32.0 Å². The maximum atomic E-state index is 13.3. The molecule has 0 unspecified atom stereocenters. The van der Waals surface area contributed by atoms with Gasteiger partial charge in [0.1, 0.15) is 0 Å². The minimum absolute atomic E-state index is 0. The normalized spacial score (nSPS) is 17.8. The van der Waals surface area contributed by atoms with Crippen molar-refractivity contribution in [3.8, 4) is 0 Å². The van der Waals surface area contributed by atoms with E-state index in [0.717, 1.165) is 30.5 Å². The average molecular weight is 521 g/mol. The van der Waals surface area contributed by atoms with E-state index in [9.17, 15) is 26.3 Å². The Morgan fingerprint density at radius 1 is 0.889 bits per heavy atom. The van der Waals surface area contributed by atoms with E-state index in [-0.39, 0.29) is 32.0 Å². The van der Waals surface area contributed by atoms with E-state index in [0.29, 0.717) is 26.1 Å². The second kappa shape index (κ2) is 12.4. The monoisotopic (exact) mass is 520 g/mol. The van der Waals surface area contributed by atoms with Crippen molar-refractivity contribution in [3.63, 3.8) is 0 Å². The van der Waals surface area contributed by atoms with Gasteiger partial charge in [0.2, 0.25) is 0 Å². The van der Waals surface area contributed by atoms with Gasteiger partial charge in [0.15, 0.2) is 6.29 Å². The van der Waals surface area contributed by atoms with Gasteiger partial charge in [0.05, 0.1) is 37.1 Å². The molecule has 1 aliphatic rings. The Balaban J connectivity index is 0.00000456. The summed E-state index contributed by atoms with van der Waals surface area (Å²) in [6, 6.07) is 11.1. The van der Waals surface area contributed by atoms with Gasteiger partial charge in [-0.2, -0.15) is 26.3 Å². The molecule has 0 N–H and O–H groups in total. The van der Waals surface area contributed by atoms with Crippen molar-refractivity contribution in [1.82, 2.24) is 0 Å². The molecule has 2 aromatic rings. The molecular weight excluding hydrogens is 486 g/mol. The largest absolute Gasteiger partial charge is 0.416 e. The molecule has 0 radical (unpaired) electrons. The number of rotatable bonds is 9. The van der Waals surface area contributed by atoms with Crippen molar-refractivity contribution in [2.75, 3.05) is 19.8 Å². The molecule has 2 aromatic carbocycles. The molecule has 3 rings (SSSR count). The summed E-state index contributed by atoms with van der Waals surface area (Å²) in [6.07, 6.45) is -8.11. The number of hydrogen-bond acceptors (Lipinski definition) is 3. The minimum atomic E-state index is -4.91. The predicted molar refractivity (Wildman–Crippen MR) is 125 cm³/mol. The van der Waals surface area contributed by atoms with Crippen molar-refractivity contribution < 1.29 is 40.6 Å². The second-order valence-electron chi connectivity index (χ2n) is 9.14. The Morgan fingerprint density at radius 3 is 1.97 bits per heavy atom. The Morgan fingerprint density at radius 2 is 1.44 bits per heavy atom. The van der Waals surface area contributed by atoms with Gasteiger partial charge in [-0.25, -0.2) is 0 Å². The summed E-state index contributed by atoms with van der Waals surface area (Å²) in [7, 11) is 0. The van der Waals surface area contributed by atoms with Crippen LogP contribution in [0.25, 0.3) is 0 Å². The summed E-state index contributed by atoms with van der Waals surface area (Å²) in [6.45, 7) is 4.86. The topological polar surface area (TPSA) is 27.7 Å². The van der Waals surface area contributed by atoms with E-state index in [2.05, 4.69) is 0 Å². The Bertz CT molecular complexity index is 907. The first kappa shape index (κ1) is 30.1. The second-order valence-corrected chi connectivity index (χ2v) is 9.14. The first-order valence-electron chi connectivity index (χ1n) is 11.6.